The molecule has 0 aromatic heterocycles. The fraction of sp³-hybridized carbons (Fsp3) is 0.238. The first-order valence-electron chi connectivity index (χ1n) is 9.40. The van der Waals surface area contributed by atoms with Crippen LogP contribution in [0.1, 0.15) is 29.2 Å². The van der Waals surface area contributed by atoms with Gasteiger partial charge in [-0.3, -0.25) is 10.2 Å². The van der Waals surface area contributed by atoms with Gasteiger partial charge in [0.1, 0.15) is 0 Å². The monoisotopic (exact) mass is 475 g/mol. The molecule has 1 heterocycles. The number of hydrogen-bond donors (Lipinski definition) is 4. The molecule has 2 aromatic rings. The summed E-state index contributed by atoms with van der Waals surface area (Å²) in [6.07, 6.45) is -5.58. The van der Waals surface area contributed by atoms with Crippen molar-refractivity contribution in [1.29, 1.82) is 0 Å². The normalized spacial score (nSPS) is 13.1. The second-order valence-electron chi connectivity index (χ2n) is 6.39. The van der Waals surface area contributed by atoms with Crippen LogP contribution in [0.15, 0.2) is 59.8 Å². The van der Waals surface area contributed by atoms with Crippen LogP contribution in [0, 0.1) is 0 Å². The van der Waals surface area contributed by atoms with E-state index in [1.54, 1.807) is 6.92 Å². The predicted molar refractivity (Wildman–Crippen MR) is 114 cm³/mol. The number of amides is 1. The first kappa shape index (κ1) is 27.3. The molecule has 1 amide bonds. The summed E-state index contributed by atoms with van der Waals surface area (Å²) in [6, 6.07) is 9.49. The number of carbonyl (C=O) groups excluding carboxylic acids is 1. The minimum Gasteiger partial charge on any atom is -0.384 e. The van der Waals surface area contributed by atoms with Gasteiger partial charge < -0.3 is 16.8 Å². The van der Waals surface area contributed by atoms with Crippen LogP contribution < -0.4 is 22.2 Å². The molecule has 0 aliphatic carbocycles. The fourth-order valence-electron chi connectivity index (χ4n) is 2.59. The number of hydrogen-bond acceptors (Lipinski definition) is 4. The summed E-state index contributed by atoms with van der Waals surface area (Å²) in [5.41, 5.74) is 11.2. The number of carbonyl (C=O) groups is 1. The average Bonchev–Trinajstić information content (AvgIpc) is 3.22. The molecule has 6 nitrogen and oxygen atoms in total. The molecule has 0 radical (unpaired) electrons. The second-order valence-corrected chi connectivity index (χ2v) is 6.39. The van der Waals surface area contributed by atoms with Crippen molar-refractivity contribution in [1.82, 2.24) is 5.43 Å². The van der Waals surface area contributed by atoms with Crippen LogP contribution in [0.4, 0.5) is 32.0 Å². The zero-order chi connectivity index (χ0) is 25.1. The molecular weight excluding hydrogens is 452 g/mol. The number of benzene rings is 2. The second kappa shape index (κ2) is 12.4. The summed E-state index contributed by atoms with van der Waals surface area (Å²) < 4.78 is 75.8. The van der Waals surface area contributed by atoms with Gasteiger partial charge in [-0.05, 0) is 43.2 Å². The van der Waals surface area contributed by atoms with Crippen LogP contribution in [0.2, 0.25) is 0 Å². The standard InChI is InChI=1S/C12H11F6N3.C8H9N.CH3NO/c1-2-3-20-21-10(19)7-4-8(11(13,14)15)6-9(5-7)12(16,17)18;1-2-4-8-7(3-1)5-6-9-8;2-1-3/h2-6,20H,1H3,(H2,19,21);1-4,9H,5-6H2;1H,(H2,2,3)/b3-2-;;. The van der Waals surface area contributed by atoms with Gasteiger partial charge in [-0.2, -0.15) is 31.4 Å². The van der Waals surface area contributed by atoms with E-state index in [1.165, 1.54) is 29.9 Å². The largest absolute Gasteiger partial charge is 0.416 e. The molecule has 1 aliphatic rings. The van der Waals surface area contributed by atoms with E-state index in [9.17, 15) is 26.3 Å². The highest BCUT2D eigenvalue weighted by Crippen LogP contribution is 2.36. The Labute approximate surface area is 186 Å². The number of halogens is 6. The number of amidine groups is 1. The van der Waals surface area contributed by atoms with E-state index in [0.29, 0.717) is 12.1 Å². The Balaban J connectivity index is 0.000000368. The third-order valence-corrected chi connectivity index (χ3v) is 4.04. The van der Waals surface area contributed by atoms with Gasteiger partial charge in [0.05, 0.1) is 11.1 Å². The maximum atomic E-state index is 12.6. The summed E-state index contributed by atoms with van der Waals surface area (Å²) in [4.78, 5) is 8.58. The fourth-order valence-corrected chi connectivity index (χ4v) is 2.59. The quantitative estimate of drug-likeness (QED) is 0.175. The first-order chi connectivity index (χ1) is 15.4. The molecular formula is C21H23F6N5O. The molecule has 0 unspecified atom stereocenters. The number of nitrogens with two attached hydrogens (primary N) is 2. The lowest BCUT2D eigenvalue weighted by Crippen LogP contribution is -2.20. The van der Waals surface area contributed by atoms with Crippen LogP contribution in [0.5, 0.6) is 0 Å². The molecule has 12 heteroatoms. The minimum absolute atomic E-state index is 0.0240. The van der Waals surface area contributed by atoms with Crippen molar-refractivity contribution >= 4 is 17.9 Å². The van der Waals surface area contributed by atoms with E-state index in [0.717, 1.165) is 6.54 Å². The van der Waals surface area contributed by atoms with Gasteiger partial charge in [-0.1, -0.05) is 24.3 Å². The Morgan fingerprint density at radius 2 is 1.61 bits per heavy atom. The van der Waals surface area contributed by atoms with Gasteiger partial charge in [0.25, 0.3) is 0 Å². The number of alkyl halides is 6. The van der Waals surface area contributed by atoms with Crippen molar-refractivity contribution in [3.63, 3.8) is 0 Å². The van der Waals surface area contributed by atoms with Crippen molar-refractivity contribution in [3.8, 4) is 0 Å². The summed E-state index contributed by atoms with van der Waals surface area (Å²) in [5, 5.41) is 6.75. The maximum Gasteiger partial charge on any atom is 0.416 e. The third-order valence-electron chi connectivity index (χ3n) is 4.04. The zero-order valence-corrected chi connectivity index (χ0v) is 17.5. The number of primary amides is 1. The molecule has 2 aromatic carbocycles. The summed E-state index contributed by atoms with van der Waals surface area (Å²) in [5.74, 6) is -0.496. The molecule has 1 aliphatic heterocycles. The average molecular weight is 475 g/mol. The molecule has 6 N–H and O–H groups in total. The van der Waals surface area contributed by atoms with E-state index < -0.39 is 34.9 Å². The van der Waals surface area contributed by atoms with Crippen LogP contribution in [-0.2, 0) is 23.6 Å². The van der Waals surface area contributed by atoms with Crippen LogP contribution in [0.3, 0.4) is 0 Å². The molecule has 0 atom stereocenters. The lowest BCUT2D eigenvalue weighted by Gasteiger charge is -2.13. The lowest BCUT2D eigenvalue weighted by molar-refractivity contribution is -0.143. The smallest absolute Gasteiger partial charge is 0.384 e. The molecule has 3 rings (SSSR count). The Kier molecular flexibility index (Phi) is 10.2. The maximum absolute atomic E-state index is 12.6. The van der Waals surface area contributed by atoms with Crippen LogP contribution in [0.25, 0.3) is 0 Å². The van der Waals surface area contributed by atoms with Crippen LogP contribution >= 0.6 is 0 Å². The number of allylic oxidation sites excluding steroid dienone is 1. The summed E-state index contributed by atoms with van der Waals surface area (Å²) in [7, 11) is 0. The SMILES string of the molecule is C/C=C\N/N=C(\N)c1cc(C(F)(F)F)cc(C(F)(F)F)c1.NC=O.c1ccc2c(c1)CCN2. The van der Waals surface area contributed by atoms with E-state index in [2.05, 4.69) is 45.8 Å². The van der Waals surface area contributed by atoms with Gasteiger partial charge in [0.2, 0.25) is 6.41 Å². The number of nitrogens with zero attached hydrogens (tertiary/aromatic N) is 1. The Morgan fingerprint density at radius 1 is 1.06 bits per heavy atom. The molecule has 0 spiro atoms. The van der Waals surface area contributed by atoms with Gasteiger partial charge in [0.15, 0.2) is 5.84 Å². The zero-order valence-electron chi connectivity index (χ0n) is 17.5. The number of nitrogens with one attached hydrogen (secondary N) is 2. The summed E-state index contributed by atoms with van der Waals surface area (Å²) >= 11 is 0. The number of para-hydroxylation sites is 1. The predicted octanol–water partition coefficient (Wildman–Crippen LogP) is 4.22. The number of anilines is 1. The lowest BCUT2D eigenvalue weighted by atomic mass is 10.0. The Hall–Kier alpha value is -3.70. The number of fused-ring (bicyclic) bond motifs is 1. The van der Waals surface area contributed by atoms with E-state index in [-0.39, 0.29) is 12.5 Å². The van der Waals surface area contributed by atoms with Crippen molar-refractivity contribution in [2.45, 2.75) is 25.7 Å². The number of rotatable bonds is 3. The van der Waals surface area contributed by atoms with Gasteiger partial charge in [-0.15, -0.1) is 0 Å². The van der Waals surface area contributed by atoms with Crippen molar-refractivity contribution < 1.29 is 31.1 Å². The third kappa shape index (κ3) is 9.13. The number of hydrazone groups is 1. The minimum atomic E-state index is -4.92. The molecule has 33 heavy (non-hydrogen) atoms. The Bertz CT molecular complexity index is 915. The van der Waals surface area contributed by atoms with Crippen molar-refractivity contribution in [2.75, 3.05) is 11.9 Å². The molecule has 180 valence electrons. The van der Waals surface area contributed by atoms with E-state index in [4.69, 9.17) is 10.5 Å². The summed E-state index contributed by atoms with van der Waals surface area (Å²) in [6.45, 7) is 2.74. The van der Waals surface area contributed by atoms with Gasteiger partial charge in [-0.25, -0.2) is 0 Å². The topological polar surface area (TPSA) is 106 Å². The molecule has 0 fully saturated rings. The molecule has 0 saturated carbocycles. The highest BCUT2D eigenvalue weighted by molar-refractivity contribution is 5.97. The van der Waals surface area contributed by atoms with Crippen molar-refractivity contribution in [3.05, 3.63) is 77.0 Å². The highest BCUT2D eigenvalue weighted by Gasteiger charge is 2.37. The van der Waals surface area contributed by atoms with Gasteiger partial charge in [0, 0.05) is 24.0 Å². The molecule has 0 saturated heterocycles. The molecule has 0 bridgehead atoms. The first-order valence-corrected chi connectivity index (χ1v) is 9.40. The van der Waals surface area contributed by atoms with Crippen molar-refractivity contribution in [2.24, 2.45) is 16.6 Å². The van der Waals surface area contributed by atoms with E-state index >= 15 is 0 Å². The van der Waals surface area contributed by atoms with E-state index in [1.807, 2.05) is 0 Å². The van der Waals surface area contributed by atoms with Gasteiger partial charge >= 0.3 is 12.4 Å². The highest BCUT2D eigenvalue weighted by atomic mass is 19.4. The van der Waals surface area contributed by atoms with Crippen LogP contribution in [-0.4, -0.2) is 18.8 Å². The Morgan fingerprint density at radius 3 is 2.09 bits per heavy atom.